The van der Waals surface area contributed by atoms with Gasteiger partial charge in [-0.15, -0.1) is 0 Å². The number of likely N-dealkylation sites (tertiary alicyclic amines) is 1. The van der Waals surface area contributed by atoms with E-state index in [0.717, 1.165) is 31.7 Å². The van der Waals surface area contributed by atoms with E-state index in [1.165, 1.54) is 0 Å². The van der Waals surface area contributed by atoms with Gasteiger partial charge in [0.1, 0.15) is 11.5 Å². The molecule has 2 aromatic rings. The van der Waals surface area contributed by atoms with Crippen molar-refractivity contribution in [1.82, 2.24) is 15.1 Å². The zero-order valence-electron chi connectivity index (χ0n) is 19.2. The summed E-state index contributed by atoms with van der Waals surface area (Å²) < 4.78 is 5.67. The molecule has 174 valence electrons. The van der Waals surface area contributed by atoms with Gasteiger partial charge in [-0.3, -0.25) is 14.5 Å². The van der Waals surface area contributed by atoms with Crippen molar-refractivity contribution in [2.24, 2.45) is 0 Å². The summed E-state index contributed by atoms with van der Waals surface area (Å²) in [6.07, 6.45) is 0.0311. The fraction of sp³-hybridized carbons (Fsp3) is 0.385. The molecule has 0 aliphatic carbocycles. The van der Waals surface area contributed by atoms with Crippen LogP contribution < -0.4 is 10.1 Å². The molecule has 2 aliphatic heterocycles. The van der Waals surface area contributed by atoms with E-state index in [1.807, 2.05) is 44.2 Å². The summed E-state index contributed by atoms with van der Waals surface area (Å²) in [5, 5.41) is 14.5. The molecule has 1 atom stereocenters. The number of Topliss-reactive ketones (excluding diaryl/α,β-unsaturated/α-hetero) is 1. The summed E-state index contributed by atoms with van der Waals surface area (Å²) in [4.78, 5) is 30.1. The molecule has 7 nitrogen and oxygen atoms in total. The molecule has 2 heterocycles. The summed E-state index contributed by atoms with van der Waals surface area (Å²) in [5.41, 5.74) is 1.41. The first kappa shape index (κ1) is 23.0. The molecule has 0 radical (unpaired) electrons. The Hall–Kier alpha value is -3.16. The maximum absolute atomic E-state index is 13.1. The monoisotopic (exact) mass is 449 g/mol. The fourth-order valence-electron chi connectivity index (χ4n) is 4.40. The van der Waals surface area contributed by atoms with E-state index in [1.54, 1.807) is 29.2 Å². The van der Waals surface area contributed by atoms with Gasteiger partial charge in [-0.25, -0.2) is 0 Å². The average Bonchev–Trinajstić information content (AvgIpc) is 3.08. The Labute approximate surface area is 194 Å². The second kappa shape index (κ2) is 10.2. The highest BCUT2D eigenvalue weighted by Crippen LogP contribution is 2.39. The number of rotatable bonds is 7. The molecule has 33 heavy (non-hydrogen) atoms. The molecule has 0 bridgehead atoms. The minimum atomic E-state index is -0.649. The van der Waals surface area contributed by atoms with Gasteiger partial charge in [-0.2, -0.15) is 0 Å². The van der Waals surface area contributed by atoms with Gasteiger partial charge in [0.2, 0.25) is 0 Å². The number of hydrogen-bond donors (Lipinski definition) is 2. The number of ketones is 1. The van der Waals surface area contributed by atoms with Crippen molar-refractivity contribution in [2.45, 2.75) is 26.0 Å². The number of piperazine rings is 1. The number of aliphatic hydroxyl groups is 1. The third-order valence-electron chi connectivity index (χ3n) is 6.02. The van der Waals surface area contributed by atoms with Crippen molar-refractivity contribution in [3.63, 3.8) is 0 Å². The Bertz CT molecular complexity index is 1010. The Balaban J connectivity index is 1.67. The first-order chi connectivity index (χ1) is 16.0. The Kier molecular flexibility index (Phi) is 7.11. The summed E-state index contributed by atoms with van der Waals surface area (Å²) in [6, 6.07) is 15.7. The zero-order valence-corrected chi connectivity index (χ0v) is 19.2. The van der Waals surface area contributed by atoms with Gasteiger partial charge in [-0.1, -0.05) is 30.3 Å². The van der Waals surface area contributed by atoms with Crippen LogP contribution in [0.5, 0.6) is 5.75 Å². The molecule has 7 heteroatoms. The third kappa shape index (κ3) is 5.10. The van der Waals surface area contributed by atoms with E-state index in [0.29, 0.717) is 24.4 Å². The van der Waals surface area contributed by atoms with E-state index >= 15 is 0 Å². The van der Waals surface area contributed by atoms with Crippen LogP contribution in [0.15, 0.2) is 60.2 Å². The Morgan fingerprint density at radius 3 is 2.33 bits per heavy atom. The lowest BCUT2D eigenvalue weighted by atomic mass is 9.95. The largest absolute Gasteiger partial charge is 0.507 e. The molecule has 0 spiro atoms. The quantitative estimate of drug-likeness (QED) is 0.384. The number of nitrogens with one attached hydrogen (secondary N) is 1. The van der Waals surface area contributed by atoms with Crippen molar-refractivity contribution in [2.75, 3.05) is 39.3 Å². The molecular formula is C26H31N3O4. The predicted molar refractivity (Wildman–Crippen MR) is 127 cm³/mol. The van der Waals surface area contributed by atoms with E-state index in [-0.39, 0.29) is 17.4 Å². The molecule has 2 fully saturated rings. The second-order valence-corrected chi connectivity index (χ2v) is 8.69. The molecule has 2 aliphatic rings. The predicted octanol–water partition coefficient (Wildman–Crippen LogP) is 2.80. The first-order valence-corrected chi connectivity index (χ1v) is 11.5. The lowest BCUT2D eigenvalue weighted by molar-refractivity contribution is -0.140. The lowest BCUT2D eigenvalue weighted by Gasteiger charge is -2.31. The first-order valence-electron chi connectivity index (χ1n) is 11.5. The SMILES string of the molecule is CC(C)Oc1ccc(C(O)=C2C(=O)C(=O)N(CCN3CCNCC3)[C@H]2c2ccccc2)cc1. The smallest absolute Gasteiger partial charge is 0.295 e. The van der Waals surface area contributed by atoms with Crippen molar-refractivity contribution >= 4 is 17.4 Å². The number of carbonyl (C=O) groups excluding carboxylic acids is 2. The molecule has 2 aromatic carbocycles. The van der Waals surface area contributed by atoms with Gasteiger partial charge in [0, 0.05) is 44.8 Å². The molecule has 4 rings (SSSR count). The van der Waals surface area contributed by atoms with Crippen LogP contribution in [-0.4, -0.2) is 72.0 Å². The van der Waals surface area contributed by atoms with Gasteiger partial charge in [-0.05, 0) is 43.7 Å². The number of ether oxygens (including phenoxy) is 1. The van der Waals surface area contributed by atoms with E-state index in [2.05, 4.69) is 10.2 Å². The number of hydrogen-bond acceptors (Lipinski definition) is 6. The molecule has 1 amide bonds. The lowest BCUT2D eigenvalue weighted by Crippen LogP contribution is -2.46. The van der Waals surface area contributed by atoms with Gasteiger partial charge < -0.3 is 20.1 Å². The Morgan fingerprint density at radius 2 is 1.70 bits per heavy atom. The standard InChI is InChI=1S/C26H31N3O4/c1-18(2)33-21-10-8-20(9-11-21)24(30)22-23(19-6-4-3-5-7-19)29(26(32)25(22)31)17-16-28-14-12-27-13-15-28/h3-11,18,23,27,30H,12-17H2,1-2H3/t23-/m0/s1. The number of amides is 1. The van der Waals surface area contributed by atoms with Crippen LogP contribution in [0.4, 0.5) is 0 Å². The maximum atomic E-state index is 13.1. The van der Waals surface area contributed by atoms with Gasteiger partial charge in [0.05, 0.1) is 17.7 Å². The van der Waals surface area contributed by atoms with Crippen LogP contribution in [0.2, 0.25) is 0 Å². The van der Waals surface area contributed by atoms with E-state index in [9.17, 15) is 14.7 Å². The minimum Gasteiger partial charge on any atom is -0.507 e. The highest BCUT2D eigenvalue weighted by Gasteiger charge is 2.45. The molecular weight excluding hydrogens is 418 g/mol. The number of carbonyl (C=O) groups is 2. The zero-order chi connectivity index (χ0) is 23.4. The van der Waals surface area contributed by atoms with Crippen LogP contribution >= 0.6 is 0 Å². The Morgan fingerprint density at radius 1 is 1.03 bits per heavy atom. The van der Waals surface area contributed by atoms with Crippen LogP contribution in [0.3, 0.4) is 0 Å². The van der Waals surface area contributed by atoms with Crippen LogP contribution in [0, 0.1) is 0 Å². The molecule has 2 N–H and O–H groups in total. The number of benzene rings is 2. The van der Waals surface area contributed by atoms with Crippen molar-refractivity contribution in [1.29, 1.82) is 0 Å². The number of nitrogens with zero attached hydrogens (tertiary/aromatic N) is 2. The minimum absolute atomic E-state index is 0.0311. The van der Waals surface area contributed by atoms with Gasteiger partial charge >= 0.3 is 0 Å². The molecule has 2 saturated heterocycles. The van der Waals surface area contributed by atoms with E-state index < -0.39 is 17.7 Å². The van der Waals surface area contributed by atoms with Crippen molar-refractivity contribution < 1.29 is 19.4 Å². The fourth-order valence-corrected chi connectivity index (χ4v) is 4.40. The van der Waals surface area contributed by atoms with Gasteiger partial charge in [0.25, 0.3) is 11.7 Å². The molecule has 0 unspecified atom stereocenters. The average molecular weight is 450 g/mol. The highest BCUT2D eigenvalue weighted by molar-refractivity contribution is 6.46. The van der Waals surface area contributed by atoms with E-state index in [4.69, 9.17) is 4.74 Å². The summed E-state index contributed by atoms with van der Waals surface area (Å²) in [6.45, 7) is 8.62. The summed E-state index contributed by atoms with van der Waals surface area (Å²) in [5.74, 6) is -0.704. The molecule has 0 saturated carbocycles. The normalized spacial score (nSPS) is 21.1. The van der Waals surface area contributed by atoms with Crippen molar-refractivity contribution in [3.8, 4) is 5.75 Å². The van der Waals surface area contributed by atoms with Crippen molar-refractivity contribution in [3.05, 3.63) is 71.3 Å². The van der Waals surface area contributed by atoms with Crippen LogP contribution in [0.1, 0.15) is 31.0 Å². The van der Waals surface area contributed by atoms with Crippen LogP contribution in [0.25, 0.3) is 5.76 Å². The van der Waals surface area contributed by atoms with Gasteiger partial charge in [0.15, 0.2) is 0 Å². The van der Waals surface area contributed by atoms with Crippen LogP contribution in [-0.2, 0) is 9.59 Å². The summed E-state index contributed by atoms with van der Waals surface area (Å²) >= 11 is 0. The summed E-state index contributed by atoms with van der Waals surface area (Å²) in [7, 11) is 0. The molecule has 0 aromatic heterocycles. The second-order valence-electron chi connectivity index (χ2n) is 8.69. The highest BCUT2D eigenvalue weighted by atomic mass is 16.5. The third-order valence-corrected chi connectivity index (χ3v) is 6.02. The maximum Gasteiger partial charge on any atom is 0.295 e. The number of aliphatic hydroxyl groups excluding tert-OH is 1. The topological polar surface area (TPSA) is 82.1 Å².